The van der Waals surface area contributed by atoms with E-state index in [1.807, 2.05) is 6.20 Å². The van der Waals surface area contributed by atoms with Gasteiger partial charge in [-0.3, -0.25) is 0 Å². The van der Waals surface area contributed by atoms with Gasteiger partial charge in [-0.25, -0.2) is 4.98 Å². The van der Waals surface area contributed by atoms with Crippen molar-refractivity contribution in [3.8, 4) is 0 Å². The molecule has 0 atom stereocenters. The van der Waals surface area contributed by atoms with Gasteiger partial charge in [0.2, 0.25) is 0 Å². The van der Waals surface area contributed by atoms with Crippen molar-refractivity contribution in [1.82, 2.24) is 20.6 Å². The molecule has 0 radical (unpaired) electrons. The quantitative estimate of drug-likeness (QED) is 0.654. The SMILES string of the molecule is c1c[nH]c(CNCC2CCNCC2)n1. The first-order valence-electron chi connectivity index (χ1n) is 5.35. The summed E-state index contributed by atoms with van der Waals surface area (Å²) < 4.78 is 0. The normalized spacial score (nSPS) is 18.6. The Labute approximate surface area is 84.5 Å². The summed E-state index contributed by atoms with van der Waals surface area (Å²) in [7, 11) is 0. The molecule has 1 aliphatic rings. The molecule has 0 aromatic carbocycles. The van der Waals surface area contributed by atoms with Crippen molar-refractivity contribution in [3.05, 3.63) is 18.2 Å². The molecule has 1 saturated heterocycles. The summed E-state index contributed by atoms with van der Waals surface area (Å²) in [6.45, 7) is 4.32. The molecule has 0 amide bonds. The minimum absolute atomic E-state index is 0.839. The third kappa shape index (κ3) is 2.82. The van der Waals surface area contributed by atoms with E-state index in [-0.39, 0.29) is 0 Å². The number of aromatic nitrogens is 2. The average molecular weight is 194 g/mol. The second-order valence-electron chi connectivity index (χ2n) is 3.86. The highest BCUT2D eigenvalue weighted by Crippen LogP contribution is 2.09. The molecule has 1 aliphatic heterocycles. The van der Waals surface area contributed by atoms with E-state index in [4.69, 9.17) is 0 Å². The molecule has 78 valence electrons. The van der Waals surface area contributed by atoms with Crippen molar-refractivity contribution in [2.75, 3.05) is 19.6 Å². The minimum Gasteiger partial charge on any atom is -0.348 e. The van der Waals surface area contributed by atoms with Crippen LogP contribution in [0.15, 0.2) is 12.4 Å². The maximum absolute atomic E-state index is 4.17. The van der Waals surface area contributed by atoms with Gasteiger partial charge in [-0.15, -0.1) is 0 Å². The molecule has 0 saturated carbocycles. The summed E-state index contributed by atoms with van der Waals surface area (Å²) in [5, 5.41) is 6.81. The predicted octanol–water partition coefficient (Wildman–Crippen LogP) is 0.499. The van der Waals surface area contributed by atoms with Gasteiger partial charge in [0.15, 0.2) is 0 Å². The number of hydrogen-bond donors (Lipinski definition) is 3. The van der Waals surface area contributed by atoms with Crippen LogP contribution in [0.3, 0.4) is 0 Å². The van der Waals surface area contributed by atoms with Gasteiger partial charge < -0.3 is 15.6 Å². The van der Waals surface area contributed by atoms with E-state index in [0.29, 0.717) is 0 Å². The molecule has 1 aromatic rings. The van der Waals surface area contributed by atoms with Crippen LogP contribution in [0, 0.1) is 5.92 Å². The number of H-pyrrole nitrogens is 1. The van der Waals surface area contributed by atoms with E-state index in [2.05, 4.69) is 20.6 Å². The number of nitrogens with zero attached hydrogens (tertiary/aromatic N) is 1. The van der Waals surface area contributed by atoms with E-state index in [1.165, 1.54) is 25.9 Å². The Morgan fingerprint density at radius 1 is 1.43 bits per heavy atom. The van der Waals surface area contributed by atoms with E-state index in [0.717, 1.165) is 24.8 Å². The van der Waals surface area contributed by atoms with Crippen molar-refractivity contribution >= 4 is 0 Å². The first kappa shape index (κ1) is 9.68. The lowest BCUT2D eigenvalue weighted by atomic mass is 9.98. The van der Waals surface area contributed by atoms with Gasteiger partial charge in [-0.05, 0) is 38.4 Å². The monoisotopic (exact) mass is 194 g/mol. The number of aromatic amines is 1. The summed E-state index contributed by atoms with van der Waals surface area (Å²) >= 11 is 0. The van der Waals surface area contributed by atoms with E-state index < -0.39 is 0 Å². The Kier molecular flexibility index (Phi) is 3.54. The highest BCUT2D eigenvalue weighted by molar-refractivity contribution is 4.86. The average Bonchev–Trinajstić information content (AvgIpc) is 2.72. The van der Waals surface area contributed by atoms with Crippen molar-refractivity contribution < 1.29 is 0 Å². The maximum Gasteiger partial charge on any atom is 0.120 e. The van der Waals surface area contributed by atoms with E-state index in [9.17, 15) is 0 Å². The minimum atomic E-state index is 0.839. The largest absolute Gasteiger partial charge is 0.348 e. The van der Waals surface area contributed by atoms with Crippen LogP contribution >= 0.6 is 0 Å². The zero-order valence-electron chi connectivity index (χ0n) is 8.42. The number of imidazole rings is 1. The van der Waals surface area contributed by atoms with Crippen LogP contribution in [-0.2, 0) is 6.54 Å². The fraction of sp³-hybridized carbons (Fsp3) is 0.700. The molecular weight excluding hydrogens is 176 g/mol. The molecule has 0 aliphatic carbocycles. The number of nitrogens with one attached hydrogen (secondary N) is 3. The molecule has 2 heterocycles. The van der Waals surface area contributed by atoms with E-state index >= 15 is 0 Å². The molecule has 4 heteroatoms. The molecule has 0 bridgehead atoms. The summed E-state index contributed by atoms with van der Waals surface area (Å²) in [6, 6.07) is 0. The van der Waals surface area contributed by atoms with Crippen LogP contribution in [0.4, 0.5) is 0 Å². The van der Waals surface area contributed by atoms with Crippen molar-refractivity contribution in [2.45, 2.75) is 19.4 Å². The molecule has 2 rings (SSSR count). The highest BCUT2D eigenvalue weighted by atomic mass is 15.0. The Hall–Kier alpha value is -0.870. The van der Waals surface area contributed by atoms with Crippen molar-refractivity contribution in [3.63, 3.8) is 0 Å². The lowest BCUT2D eigenvalue weighted by Crippen LogP contribution is -2.33. The summed E-state index contributed by atoms with van der Waals surface area (Å²) in [5.74, 6) is 1.87. The van der Waals surface area contributed by atoms with E-state index in [1.54, 1.807) is 6.20 Å². The van der Waals surface area contributed by atoms with Crippen LogP contribution in [0.2, 0.25) is 0 Å². The topological polar surface area (TPSA) is 52.7 Å². The standard InChI is InChI=1S/C10H18N4/c1-3-11-4-2-9(1)7-12-8-10-13-5-6-14-10/h5-6,9,11-12H,1-4,7-8H2,(H,13,14). The molecule has 3 N–H and O–H groups in total. The Morgan fingerprint density at radius 2 is 2.29 bits per heavy atom. The second-order valence-corrected chi connectivity index (χ2v) is 3.86. The summed E-state index contributed by atoms with van der Waals surface area (Å²) in [6.07, 6.45) is 6.25. The summed E-state index contributed by atoms with van der Waals surface area (Å²) in [5.41, 5.74) is 0. The smallest absolute Gasteiger partial charge is 0.120 e. The van der Waals surface area contributed by atoms with Gasteiger partial charge in [-0.1, -0.05) is 0 Å². The number of piperidine rings is 1. The van der Waals surface area contributed by atoms with Gasteiger partial charge >= 0.3 is 0 Å². The van der Waals surface area contributed by atoms with Crippen LogP contribution in [0.1, 0.15) is 18.7 Å². The fourth-order valence-corrected chi connectivity index (χ4v) is 1.88. The van der Waals surface area contributed by atoms with Crippen LogP contribution in [-0.4, -0.2) is 29.6 Å². The molecule has 14 heavy (non-hydrogen) atoms. The number of rotatable bonds is 4. The molecular formula is C10H18N4. The van der Waals surface area contributed by atoms with Gasteiger partial charge in [-0.2, -0.15) is 0 Å². The van der Waals surface area contributed by atoms with Crippen LogP contribution in [0.25, 0.3) is 0 Å². The molecule has 1 fully saturated rings. The lowest BCUT2D eigenvalue weighted by molar-refractivity contribution is 0.355. The molecule has 0 unspecified atom stereocenters. The molecule has 1 aromatic heterocycles. The van der Waals surface area contributed by atoms with Gasteiger partial charge in [0.05, 0.1) is 6.54 Å². The van der Waals surface area contributed by atoms with Gasteiger partial charge in [0.25, 0.3) is 0 Å². The molecule has 4 nitrogen and oxygen atoms in total. The molecule has 0 spiro atoms. The first-order chi connectivity index (χ1) is 6.95. The number of hydrogen-bond acceptors (Lipinski definition) is 3. The van der Waals surface area contributed by atoms with Crippen LogP contribution in [0.5, 0.6) is 0 Å². The Bertz CT molecular complexity index is 239. The lowest BCUT2D eigenvalue weighted by Gasteiger charge is -2.22. The third-order valence-electron chi connectivity index (χ3n) is 2.74. The van der Waals surface area contributed by atoms with Crippen molar-refractivity contribution in [2.24, 2.45) is 5.92 Å². The predicted molar refractivity (Wildman–Crippen MR) is 55.9 cm³/mol. The third-order valence-corrected chi connectivity index (χ3v) is 2.74. The maximum atomic E-state index is 4.17. The Balaban J connectivity index is 1.62. The zero-order valence-corrected chi connectivity index (χ0v) is 8.42. The second kappa shape index (κ2) is 5.12. The first-order valence-corrected chi connectivity index (χ1v) is 5.35. The zero-order chi connectivity index (χ0) is 9.64. The fourth-order valence-electron chi connectivity index (χ4n) is 1.88. The van der Waals surface area contributed by atoms with Crippen LogP contribution < -0.4 is 10.6 Å². The van der Waals surface area contributed by atoms with Crippen molar-refractivity contribution in [1.29, 1.82) is 0 Å². The summed E-state index contributed by atoms with van der Waals surface area (Å²) in [4.78, 5) is 7.26. The highest BCUT2D eigenvalue weighted by Gasteiger charge is 2.11. The van der Waals surface area contributed by atoms with Gasteiger partial charge in [0.1, 0.15) is 5.82 Å². The van der Waals surface area contributed by atoms with Gasteiger partial charge in [0, 0.05) is 12.4 Å². The Morgan fingerprint density at radius 3 is 3.00 bits per heavy atom.